The maximum atomic E-state index is 9.17. The van der Waals surface area contributed by atoms with Crippen molar-refractivity contribution in [2.75, 3.05) is 7.05 Å². The van der Waals surface area contributed by atoms with Crippen LogP contribution in [0.5, 0.6) is 11.5 Å². The van der Waals surface area contributed by atoms with Crippen LogP contribution < -0.4 is 10.1 Å². The average Bonchev–Trinajstić information content (AvgIpc) is 2.41. The second-order valence-corrected chi connectivity index (χ2v) is 4.47. The first-order valence-electron chi connectivity index (χ1n) is 5.84. The number of ether oxygens (including phenoxy) is 1. The Morgan fingerprint density at radius 1 is 1.26 bits per heavy atom. The molecule has 96 valence electrons. The molecule has 0 heterocycles. The maximum absolute atomic E-state index is 9.17. The zero-order valence-electron chi connectivity index (χ0n) is 10.5. The molecule has 1 N–H and O–H groups in total. The third-order valence-electron chi connectivity index (χ3n) is 2.57. The van der Waals surface area contributed by atoms with Crippen LogP contribution in [0, 0.1) is 11.3 Å². The van der Waals surface area contributed by atoms with E-state index in [0.29, 0.717) is 28.6 Å². The number of hydrogen-bond donors (Lipinski definition) is 1. The van der Waals surface area contributed by atoms with E-state index in [9.17, 15) is 0 Å². The van der Waals surface area contributed by atoms with Gasteiger partial charge in [0.1, 0.15) is 17.6 Å². The minimum atomic E-state index is 0.507. The van der Waals surface area contributed by atoms with Crippen LogP contribution in [0.15, 0.2) is 42.5 Å². The van der Waals surface area contributed by atoms with E-state index in [1.54, 1.807) is 30.3 Å². The monoisotopic (exact) mass is 272 g/mol. The Bertz CT molecular complexity index is 620. The SMILES string of the molecule is CNCc1ccc(Oc2cccc(Cl)c2)c(C#N)c1. The Balaban J connectivity index is 2.28. The summed E-state index contributed by atoms with van der Waals surface area (Å²) in [5.41, 5.74) is 1.55. The molecule has 0 fully saturated rings. The summed E-state index contributed by atoms with van der Waals surface area (Å²) in [5, 5.41) is 12.8. The van der Waals surface area contributed by atoms with Crippen molar-refractivity contribution in [1.82, 2.24) is 5.32 Å². The molecule has 0 amide bonds. The van der Waals surface area contributed by atoms with Gasteiger partial charge < -0.3 is 10.1 Å². The molecular weight excluding hydrogens is 260 g/mol. The number of halogens is 1. The summed E-state index contributed by atoms with van der Waals surface area (Å²) in [6, 6.07) is 14.8. The Hall–Kier alpha value is -2.02. The minimum Gasteiger partial charge on any atom is -0.456 e. The fraction of sp³-hybridized carbons (Fsp3) is 0.133. The third-order valence-corrected chi connectivity index (χ3v) is 2.80. The highest BCUT2D eigenvalue weighted by atomic mass is 35.5. The quantitative estimate of drug-likeness (QED) is 0.922. The van der Waals surface area contributed by atoms with Crippen LogP contribution in [-0.2, 0) is 6.54 Å². The second-order valence-electron chi connectivity index (χ2n) is 4.03. The maximum Gasteiger partial charge on any atom is 0.145 e. The molecule has 0 aliphatic carbocycles. The molecule has 0 radical (unpaired) electrons. The highest BCUT2D eigenvalue weighted by molar-refractivity contribution is 6.30. The molecule has 0 saturated heterocycles. The van der Waals surface area contributed by atoms with Crippen LogP contribution >= 0.6 is 11.6 Å². The summed E-state index contributed by atoms with van der Waals surface area (Å²) in [5.74, 6) is 1.15. The molecule has 0 aliphatic rings. The number of benzene rings is 2. The predicted molar refractivity (Wildman–Crippen MR) is 75.4 cm³/mol. The molecule has 0 atom stereocenters. The van der Waals surface area contributed by atoms with E-state index >= 15 is 0 Å². The van der Waals surface area contributed by atoms with E-state index in [2.05, 4.69) is 11.4 Å². The van der Waals surface area contributed by atoms with E-state index in [1.165, 1.54) is 0 Å². The number of rotatable bonds is 4. The number of hydrogen-bond acceptors (Lipinski definition) is 3. The summed E-state index contributed by atoms with van der Waals surface area (Å²) in [6.45, 7) is 0.714. The van der Waals surface area contributed by atoms with Gasteiger partial charge in [-0.2, -0.15) is 5.26 Å². The first-order valence-corrected chi connectivity index (χ1v) is 6.22. The molecule has 3 nitrogen and oxygen atoms in total. The summed E-state index contributed by atoms with van der Waals surface area (Å²) < 4.78 is 5.69. The van der Waals surface area contributed by atoms with Crippen LogP contribution in [0.1, 0.15) is 11.1 Å². The van der Waals surface area contributed by atoms with E-state index in [0.717, 1.165) is 5.56 Å². The van der Waals surface area contributed by atoms with Gasteiger partial charge in [-0.15, -0.1) is 0 Å². The number of nitrogens with zero attached hydrogens (tertiary/aromatic N) is 1. The van der Waals surface area contributed by atoms with Crippen LogP contribution in [0.2, 0.25) is 5.02 Å². The van der Waals surface area contributed by atoms with Crippen molar-refractivity contribution in [2.24, 2.45) is 0 Å². The van der Waals surface area contributed by atoms with Crippen LogP contribution in [-0.4, -0.2) is 7.05 Å². The Labute approximate surface area is 117 Å². The molecule has 0 aromatic heterocycles. The smallest absolute Gasteiger partial charge is 0.145 e. The van der Waals surface area contributed by atoms with Crippen LogP contribution in [0.4, 0.5) is 0 Å². The molecule has 2 aromatic rings. The summed E-state index contributed by atoms with van der Waals surface area (Å²) >= 11 is 5.90. The molecule has 0 unspecified atom stereocenters. The molecule has 0 spiro atoms. The van der Waals surface area contributed by atoms with Crippen molar-refractivity contribution in [3.8, 4) is 17.6 Å². The van der Waals surface area contributed by atoms with Gasteiger partial charge in [-0.25, -0.2) is 0 Å². The number of nitriles is 1. The van der Waals surface area contributed by atoms with E-state index < -0.39 is 0 Å². The second kappa shape index (κ2) is 6.24. The van der Waals surface area contributed by atoms with Crippen LogP contribution in [0.3, 0.4) is 0 Å². The fourth-order valence-corrected chi connectivity index (χ4v) is 1.91. The standard InChI is InChI=1S/C15H13ClN2O/c1-18-10-11-5-6-15(12(7-11)9-17)19-14-4-2-3-13(16)8-14/h2-8,18H,10H2,1H3. The van der Waals surface area contributed by atoms with Gasteiger partial charge in [-0.05, 0) is 42.9 Å². The topological polar surface area (TPSA) is 45.0 Å². The highest BCUT2D eigenvalue weighted by Crippen LogP contribution is 2.27. The summed E-state index contributed by atoms with van der Waals surface area (Å²) in [4.78, 5) is 0. The minimum absolute atomic E-state index is 0.507. The van der Waals surface area contributed by atoms with Crippen molar-refractivity contribution >= 4 is 11.6 Å². The molecule has 4 heteroatoms. The van der Waals surface area contributed by atoms with Gasteiger partial charge in [0.2, 0.25) is 0 Å². The van der Waals surface area contributed by atoms with Gasteiger partial charge in [-0.1, -0.05) is 23.7 Å². The lowest BCUT2D eigenvalue weighted by Gasteiger charge is -2.09. The molecule has 0 bridgehead atoms. The lowest BCUT2D eigenvalue weighted by atomic mass is 10.1. The van der Waals surface area contributed by atoms with E-state index in [4.69, 9.17) is 21.6 Å². The Morgan fingerprint density at radius 2 is 2.11 bits per heavy atom. The zero-order valence-corrected chi connectivity index (χ0v) is 11.2. The summed E-state index contributed by atoms with van der Waals surface area (Å²) in [7, 11) is 1.86. The van der Waals surface area contributed by atoms with E-state index in [-0.39, 0.29) is 0 Å². The van der Waals surface area contributed by atoms with Gasteiger partial charge in [0.05, 0.1) is 5.56 Å². The molecular formula is C15H13ClN2O. The van der Waals surface area contributed by atoms with Gasteiger partial charge in [0.25, 0.3) is 0 Å². The van der Waals surface area contributed by atoms with Crippen molar-refractivity contribution in [2.45, 2.75) is 6.54 Å². The van der Waals surface area contributed by atoms with Crippen LogP contribution in [0.25, 0.3) is 0 Å². The molecule has 2 rings (SSSR count). The highest BCUT2D eigenvalue weighted by Gasteiger charge is 2.06. The normalized spacial score (nSPS) is 9.95. The van der Waals surface area contributed by atoms with Crippen molar-refractivity contribution < 1.29 is 4.74 Å². The van der Waals surface area contributed by atoms with Gasteiger partial charge >= 0.3 is 0 Å². The first kappa shape index (κ1) is 13.4. The lowest BCUT2D eigenvalue weighted by molar-refractivity contribution is 0.481. The van der Waals surface area contributed by atoms with Gasteiger partial charge in [0, 0.05) is 11.6 Å². The molecule has 0 saturated carbocycles. The predicted octanol–water partition coefficient (Wildman–Crippen LogP) is 3.72. The molecule has 0 aliphatic heterocycles. The van der Waals surface area contributed by atoms with Gasteiger partial charge in [0.15, 0.2) is 0 Å². The Kier molecular flexibility index (Phi) is 4.40. The lowest BCUT2D eigenvalue weighted by Crippen LogP contribution is -2.05. The Morgan fingerprint density at radius 3 is 2.79 bits per heavy atom. The fourth-order valence-electron chi connectivity index (χ4n) is 1.73. The average molecular weight is 273 g/mol. The van der Waals surface area contributed by atoms with Crippen molar-refractivity contribution in [3.05, 3.63) is 58.6 Å². The third kappa shape index (κ3) is 3.47. The number of nitrogens with one attached hydrogen (secondary N) is 1. The summed E-state index contributed by atoms with van der Waals surface area (Å²) in [6.07, 6.45) is 0. The van der Waals surface area contributed by atoms with E-state index in [1.807, 2.05) is 19.2 Å². The van der Waals surface area contributed by atoms with Crippen molar-refractivity contribution in [3.63, 3.8) is 0 Å². The first-order chi connectivity index (χ1) is 9.22. The zero-order chi connectivity index (χ0) is 13.7. The van der Waals surface area contributed by atoms with Gasteiger partial charge in [-0.3, -0.25) is 0 Å². The molecule has 19 heavy (non-hydrogen) atoms. The molecule has 2 aromatic carbocycles. The van der Waals surface area contributed by atoms with Crippen molar-refractivity contribution in [1.29, 1.82) is 5.26 Å². The largest absolute Gasteiger partial charge is 0.456 e.